The Morgan fingerprint density at radius 1 is 1.29 bits per heavy atom. The van der Waals surface area contributed by atoms with Crippen molar-refractivity contribution >= 4 is 12.2 Å². The fraction of sp³-hybridized carbons (Fsp3) is 0.0909. The fourth-order valence-corrected chi connectivity index (χ4v) is 1.57. The lowest BCUT2D eigenvalue weighted by atomic mass is 10.1. The van der Waals surface area contributed by atoms with Crippen LogP contribution in [0.25, 0.3) is 11.3 Å². The highest BCUT2D eigenvalue weighted by atomic mass is 32.1. The SMILES string of the molecule is COc1ccc(-c2[nH]c(=S)ncc2F)cc1F. The van der Waals surface area contributed by atoms with Crippen LogP contribution in [0, 0.1) is 16.4 Å². The van der Waals surface area contributed by atoms with Gasteiger partial charge in [-0.05, 0) is 30.4 Å². The molecule has 0 unspecified atom stereocenters. The Labute approximate surface area is 101 Å². The molecule has 1 N–H and O–H groups in total. The smallest absolute Gasteiger partial charge is 0.197 e. The molecular formula is C11H8F2N2OS. The van der Waals surface area contributed by atoms with Gasteiger partial charge in [-0.15, -0.1) is 0 Å². The van der Waals surface area contributed by atoms with Gasteiger partial charge in [0.25, 0.3) is 0 Å². The molecule has 3 nitrogen and oxygen atoms in total. The lowest BCUT2D eigenvalue weighted by molar-refractivity contribution is 0.386. The molecule has 88 valence electrons. The van der Waals surface area contributed by atoms with Crippen molar-refractivity contribution in [2.45, 2.75) is 0 Å². The highest BCUT2D eigenvalue weighted by Crippen LogP contribution is 2.25. The zero-order valence-corrected chi connectivity index (χ0v) is 9.65. The molecule has 2 aromatic rings. The molecule has 2 rings (SSSR count). The molecule has 1 heterocycles. The predicted octanol–water partition coefficient (Wildman–Crippen LogP) is 3.09. The third kappa shape index (κ3) is 2.31. The van der Waals surface area contributed by atoms with Crippen molar-refractivity contribution < 1.29 is 13.5 Å². The van der Waals surface area contributed by atoms with Crippen molar-refractivity contribution in [2.24, 2.45) is 0 Å². The summed E-state index contributed by atoms with van der Waals surface area (Å²) < 4.78 is 31.9. The predicted molar refractivity (Wildman–Crippen MR) is 61.3 cm³/mol. The second-order valence-electron chi connectivity index (χ2n) is 3.26. The Morgan fingerprint density at radius 3 is 2.71 bits per heavy atom. The number of aromatic amines is 1. The molecule has 0 atom stereocenters. The van der Waals surface area contributed by atoms with E-state index in [4.69, 9.17) is 17.0 Å². The van der Waals surface area contributed by atoms with Gasteiger partial charge in [-0.2, -0.15) is 0 Å². The minimum atomic E-state index is -0.594. The van der Waals surface area contributed by atoms with E-state index in [1.54, 1.807) is 0 Å². The number of hydrogen-bond donors (Lipinski definition) is 1. The lowest BCUT2D eigenvalue weighted by Crippen LogP contribution is -1.94. The van der Waals surface area contributed by atoms with Gasteiger partial charge in [-0.1, -0.05) is 0 Å². The van der Waals surface area contributed by atoms with Gasteiger partial charge in [0, 0.05) is 5.56 Å². The standard InChI is InChI=1S/C11H8F2N2OS/c1-16-9-3-2-6(4-7(9)12)10-8(13)5-14-11(17)15-10/h2-5H,1H3,(H,14,15,17). The third-order valence-corrected chi connectivity index (χ3v) is 2.41. The van der Waals surface area contributed by atoms with E-state index >= 15 is 0 Å². The quantitative estimate of drug-likeness (QED) is 0.837. The Hall–Kier alpha value is -1.82. The van der Waals surface area contributed by atoms with Crippen LogP contribution in [0.3, 0.4) is 0 Å². The van der Waals surface area contributed by atoms with Crippen LogP contribution in [0.1, 0.15) is 0 Å². The highest BCUT2D eigenvalue weighted by Gasteiger charge is 2.09. The number of nitrogens with one attached hydrogen (secondary N) is 1. The van der Waals surface area contributed by atoms with Crippen molar-refractivity contribution in [3.8, 4) is 17.0 Å². The zero-order valence-electron chi connectivity index (χ0n) is 8.83. The number of aromatic nitrogens is 2. The van der Waals surface area contributed by atoms with Crippen LogP contribution in [0.2, 0.25) is 0 Å². The molecule has 1 aromatic carbocycles. The van der Waals surface area contributed by atoms with Crippen LogP contribution >= 0.6 is 12.2 Å². The van der Waals surface area contributed by atoms with E-state index in [1.165, 1.54) is 25.3 Å². The number of benzene rings is 1. The molecule has 0 saturated heterocycles. The zero-order chi connectivity index (χ0) is 12.4. The van der Waals surface area contributed by atoms with Gasteiger partial charge in [0.2, 0.25) is 0 Å². The van der Waals surface area contributed by atoms with Crippen LogP contribution in [-0.2, 0) is 0 Å². The number of H-pyrrole nitrogens is 1. The number of ether oxygens (including phenoxy) is 1. The Kier molecular flexibility index (Phi) is 3.14. The first-order valence-electron chi connectivity index (χ1n) is 4.70. The number of rotatable bonds is 2. The average molecular weight is 254 g/mol. The van der Waals surface area contributed by atoms with E-state index in [0.29, 0.717) is 5.56 Å². The second-order valence-corrected chi connectivity index (χ2v) is 3.65. The van der Waals surface area contributed by atoms with Crippen molar-refractivity contribution in [1.29, 1.82) is 0 Å². The summed E-state index contributed by atoms with van der Waals surface area (Å²) in [6, 6.07) is 4.12. The molecular weight excluding hydrogens is 246 g/mol. The topological polar surface area (TPSA) is 37.9 Å². The first-order valence-corrected chi connectivity index (χ1v) is 5.11. The van der Waals surface area contributed by atoms with Gasteiger partial charge >= 0.3 is 0 Å². The summed E-state index contributed by atoms with van der Waals surface area (Å²) in [5, 5.41) is 0. The van der Waals surface area contributed by atoms with Crippen LogP contribution in [0.15, 0.2) is 24.4 Å². The van der Waals surface area contributed by atoms with Crippen molar-refractivity contribution in [3.05, 3.63) is 40.8 Å². The maximum Gasteiger partial charge on any atom is 0.197 e. The molecule has 0 radical (unpaired) electrons. The van der Waals surface area contributed by atoms with E-state index < -0.39 is 11.6 Å². The first kappa shape index (κ1) is 11.7. The third-order valence-electron chi connectivity index (χ3n) is 2.21. The number of nitrogens with zero attached hydrogens (tertiary/aromatic N) is 1. The second kappa shape index (κ2) is 4.58. The molecule has 17 heavy (non-hydrogen) atoms. The molecule has 0 saturated carbocycles. The fourth-order valence-electron chi connectivity index (χ4n) is 1.41. The number of halogens is 2. The highest BCUT2D eigenvalue weighted by molar-refractivity contribution is 7.71. The minimum absolute atomic E-state index is 0.0989. The average Bonchev–Trinajstić information content (AvgIpc) is 2.32. The molecule has 0 amide bonds. The van der Waals surface area contributed by atoms with E-state index in [-0.39, 0.29) is 16.2 Å². The number of methoxy groups -OCH3 is 1. The van der Waals surface area contributed by atoms with Gasteiger partial charge in [0.05, 0.1) is 19.0 Å². The molecule has 0 aliphatic carbocycles. The first-order chi connectivity index (χ1) is 8.11. The van der Waals surface area contributed by atoms with Crippen LogP contribution < -0.4 is 4.74 Å². The normalized spacial score (nSPS) is 10.3. The number of hydrogen-bond acceptors (Lipinski definition) is 3. The molecule has 6 heteroatoms. The maximum absolute atomic E-state index is 13.5. The Balaban J connectivity index is 2.57. The maximum atomic E-state index is 13.5. The monoisotopic (exact) mass is 254 g/mol. The molecule has 0 bridgehead atoms. The summed E-state index contributed by atoms with van der Waals surface area (Å²) in [6.45, 7) is 0. The van der Waals surface area contributed by atoms with Gasteiger partial charge < -0.3 is 9.72 Å². The Bertz CT molecular complexity index is 613. The minimum Gasteiger partial charge on any atom is -0.494 e. The van der Waals surface area contributed by atoms with E-state index in [1.807, 2.05) is 0 Å². The molecule has 0 fully saturated rings. The van der Waals surface area contributed by atoms with Gasteiger partial charge in [-0.3, -0.25) is 0 Å². The Morgan fingerprint density at radius 2 is 2.06 bits per heavy atom. The van der Waals surface area contributed by atoms with Crippen LogP contribution in [0.4, 0.5) is 8.78 Å². The summed E-state index contributed by atoms with van der Waals surface area (Å²) in [5.74, 6) is -1.06. The summed E-state index contributed by atoms with van der Waals surface area (Å²) in [5.41, 5.74) is 0.445. The summed E-state index contributed by atoms with van der Waals surface area (Å²) in [7, 11) is 1.36. The van der Waals surface area contributed by atoms with E-state index in [2.05, 4.69) is 9.97 Å². The summed E-state index contributed by atoms with van der Waals surface area (Å²) >= 11 is 4.79. The largest absolute Gasteiger partial charge is 0.494 e. The molecule has 0 spiro atoms. The van der Waals surface area contributed by atoms with Gasteiger partial charge in [0.15, 0.2) is 22.2 Å². The summed E-state index contributed by atoms with van der Waals surface area (Å²) in [6.07, 6.45) is 0.996. The van der Waals surface area contributed by atoms with E-state index in [9.17, 15) is 8.78 Å². The van der Waals surface area contributed by atoms with Crippen molar-refractivity contribution in [1.82, 2.24) is 9.97 Å². The van der Waals surface area contributed by atoms with Gasteiger partial charge in [-0.25, -0.2) is 13.8 Å². The lowest BCUT2D eigenvalue weighted by Gasteiger charge is -2.06. The molecule has 1 aromatic heterocycles. The summed E-state index contributed by atoms with van der Waals surface area (Å²) in [4.78, 5) is 6.16. The van der Waals surface area contributed by atoms with Crippen LogP contribution in [-0.4, -0.2) is 17.1 Å². The molecule has 0 aliphatic heterocycles. The molecule has 0 aliphatic rings. The van der Waals surface area contributed by atoms with E-state index in [0.717, 1.165) is 6.20 Å². The van der Waals surface area contributed by atoms with Crippen molar-refractivity contribution in [2.75, 3.05) is 7.11 Å². The van der Waals surface area contributed by atoms with Gasteiger partial charge in [0.1, 0.15) is 0 Å². The van der Waals surface area contributed by atoms with Crippen LogP contribution in [0.5, 0.6) is 5.75 Å². The van der Waals surface area contributed by atoms with Crippen molar-refractivity contribution in [3.63, 3.8) is 0 Å².